The fourth-order valence-corrected chi connectivity index (χ4v) is 3.24. The highest BCUT2D eigenvalue weighted by molar-refractivity contribution is 6.14. The van der Waals surface area contributed by atoms with Gasteiger partial charge in [0, 0.05) is 11.1 Å². The van der Waals surface area contributed by atoms with Crippen molar-refractivity contribution in [3.8, 4) is 11.5 Å². The van der Waals surface area contributed by atoms with Gasteiger partial charge in [-0.1, -0.05) is 38.1 Å². The van der Waals surface area contributed by atoms with Crippen LogP contribution in [0.1, 0.15) is 37.8 Å². The van der Waals surface area contributed by atoms with Crippen LogP contribution in [0, 0.1) is 5.41 Å². The lowest BCUT2D eigenvalue weighted by molar-refractivity contribution is -0.113. The molecule has 0 spiro atoms. The van der Waals surface area contributed by atoms with E-state index in [1.807, 2.05) is 12.2 Å². The molecule has 25 heavy (non-hydrogen) atoms. The average molecular weight is 334 g/mol. The van der Waals surface area contributed by atoms with Crippen LogP contribution in [0.25, 0.3) is 12.2 Å². The molecule has 0 aromatic heterocycles. The van der Waals surface area contributed by atoms with E-state index in [1.54, 1.807) is 48.5 Å². The van der Waals surface area contributed by atoms with Crippen LogP contribution in [0.5, 0.6) is 11.5 Å². The van der Waals surface area contributed by atoms with Crippen molar-refractivity contribution in [2.24, 2.45) is 5.41 Å². The molecule has 0 radical (unpaired) electrons. The Morgan fingerprint density at radius 2 is 1.12 bits per heavy atom. The van der Waals surface area contributed by atoms with Crippen molar-refractivity contribution in [3.63, 3.8) is 0 Å². The molecule has 0 amide bonds. The first-order chi connectivity index (χ1) is 11.8. The van der Waals surface area contributed by atoms with E-state index < -0.39 is 0 Å². The quantitative estimate of drug-likeness (QED) is 0.764. The summed E-state index contributed by atoms with van der Waals surface area (Å²) in [6.45, 7) is 4.32. The zero-order valence-electron chi connectivity index (χ0n) is 14.5. The molecule has 3 rings (SSSR count). The van der Waals surface area contributed by atoms with Gasteiger partial charge in [-0.2, -0.15) is 0 Å². The maximum absolute atomic E-state index is 12.9. The molecule has 1 fully saturated rings. The number of carbonyl (C=O) groups is 1. The summed E-state index contributed by atoms with van der Waals surface area (Å²) in [5.74, 6) is 0.496. The highest BCUT2D eigenvalue weighted by Crippen LogP contribution is 2.40. The van der Waals surface area contributed by atoms with Crippen molar-refractivity contribution < 1.29 is 15.0 Å². The van der Waals surface area contributed by atoms with Gasteiger partial charge in [-0.05, 0) is 65.8 Å². The Labute approximate surface area is 148 Å². The Morgan fingerprint density at radius 3 is 1.48 bits per heavy atom. The maximum Gasteiger partial charge on any atom is 0.185 e. The zero-order chi connectivity index (χ0) is 18.0. The molecule has 2 N–H and O–H groups in total. The van der Waals surface area contributed by atoms with E-state index >= 15 is 0 Å². The molecule has 0 saturated heterocycles. The number of phenolic OH excluding ortho intramolecular Hbond substituents is 2. The Balaban J connectivity index is 1.96. The molecular formula is C22H22O3. The van der Waals surface area contributed by atoms with E-state index in [0.29, 0.717) is 0 Å². The summed E-state index contributed by atoms with van der Waals surface area (Å²) < 4.78 is 0. The molecule has 128 valence electrons. The number of aromatic hydroxyl groups is 2. The molecule has 1 aliphatic carbocycles. The number of hydrogen-bond acceptors (Lipinski definition) is 3. The standard InChI is InChI=1S/C22H22O3/c1-22(2)13-17(11-15-3-7-19(23)8-4-15)21(25)18(14-22)12-16-5-9-20(24)10-6-16/h3-12,23-24H,13-14H2,1-2H3. The number of hydrogen-bond donors (Lipinski definition) is 2. The molecule has 1 saturated carbocycles. The summed E-state index contributed by atoms with van der Waals surface area (Å²) in [7, 11) is 0. The molecule has 0 atom stereocenters. The number of phenols is 2. The Morgan fingerprint density at radius 1 is 0.760 bits per heavy atom. The van der Waals surface area contributed by atoms with Crippen LogP contribution in [0.2, 0.25) is 0 Å². The van der Waals surface area contributed by atoms with E-state index in [4.69, 9.17) is 0 Å². The second-order valence-electron chi connectivity index (χ2n) is 7.37. The van der Waals surface area contributed by atoms with Gasteiger partial charge in [-0.15, -0.1) is 0 Å². The third-order valence-electron chi connectivity index (χ3n) is 4.39. The number of benzene rings is 2. The van der Waals surface area contributed by atoms with Crippen LogP contribution < -0.4 is 0 Å². The molecule has 0 bridgehead atoms. The van der Waals surface area contributed by atoms with Gasteiger partial charge in [0.15, 0.2) is 5.78 Å². The van der Waals surface area contributed by atoms with Crippen LogP contribution in [0.4, 0.5) is 0 Å². The summed E-state index contributed by atoms with van der Waals surface area (Å²) in [6, 6.07) is 13.7. The van der Waals surface area contributed by atoms with E-state index in [0.717, 1.165) is 35.1 Å². The van der Waals surface area contributed by atoms with Crippen LogP contribution >= 0.6 is 0 Å². The van der Waals surface area contributed by atoms with Gasteiger partial charge >= 0.3 is 0 Å². The first kappa shape index (κ1) is 17.0. The zero-order valence-corrected chi connectivity index (χ0v) is 14.5. The van der Waals surface area contributed by atoms with Crippen LogP contribution in [0.15, 0.2) is 59.7 Å². The van der Waals surface area contributed by atoms with Gasteiger partial charge in [0.2, 0.25) is 0 Å². The fourth-order valence-electron chi connectivity index (χ4n) is 3.24. The lowest BCUT2D eigenvalue weighted by atomic mass is 9.71. The topological polar surface area (TPSA) is 57.5 Å². The molecule has 1 aliphatic rings. The largest absolute Gasteiger partial charge is 0.508 e. The third-order valence-corrected chi connectivity index (χ3v) is 4.39. The second-order valence-corrected chi connectivity index (χ2v) is 7.37. The van der Waals surface area contributed by atoms with Gasteiger partial charge in [-0.3, -0.25) is 4.79 Å². The lowest BCUT2D eigenvalue weighted by Crippen LogP contribution is -2.25. The molecule has 0 aliphatic heterocycles. The summed E-state index contributed by atoms with van der Waals surface area (Å²) in [4.78, 5) is 12.9. The molecule has 2 aromatic carbocycles. The molecule has 2 aromatic rings. The first-order valence-electron chi connectivity index (χ1n) is 8.36. The van der Waals surface area contributed by atoms with Crippen LogP contribution in [0.3, 0.4) is 0 Å². The van der Waals surface area contributed by atoms with E-state index in [9.17, 15) is 15.0 Å². The Hall–Kier alpha value is -2.81. The average Bonchev–Trinajstić information content (AvgIpc) is 2.55. The summed E-state index contributed by atoms with van der Waals surface area (Å²) in [6.07, 6.45) is 5.26. The first-order valence-corrected chi connectivity index (χ1v) is 8.36. The van der Waals surface area contributed by atoms with E-state index in [-0.39, 0.29) is 22.7 Å². The molecule has 3 nitrogen and oxygen atoms in total. The monoisotopic (exact) mass is 334 g/mol. The lowest BCUT2D eigenvalue weighted by Gasteiger charge is -2.32. The predicted octanol–water partition coefficient (Wildman–Crippen LogP) is 4.95. The van der Waals surface area contributed by atoms with Crippen molar-refractivity contribution in [2.75, 3.05) is 0 Å². The highest BCUT2D eigenvalue weighted by Gasteiger charge is 2.32. The summed E-state index contributed by atoms with van der Waals surface area (Å²) in [5.41, 5.74) is 3.38. The molecule has 3 heteroatoms. The summed E-state index contributed by atoms with van der Waals surface area (Å²) in [5, 5.41) is 18.8. The molecular weight excluding hydrogens is 312 g/mol. The van der Waals surface area contributed by atoms with Crippen molar-refractivity contribution in [2.45, 2.75) is 26.7 Å². The Kier molecular flexibility index (Phi) is 4.49. The minimum atomic E-state index is -0.000580. The van der Waals surface area contributed by atoms with Gasteiger partial charge in [0.05, 0.1) is 0 Å². The van der Waals surface area contributed by atoms with Crippen molar-refractivity contribution >= 4 is 17.9 Å². The number of rotatable bonds is 2. The van der Waals surface area contributed by atoms with E-state index in [1.165, 1.54) is 0 Å². The van der Waals surface area contributed by atoms with Crippen molar-refractivity contribution in [1.29, 1.82) is 0 Å². The van der Waals surface area contributed by atoms with Gasteiger partial charge in [0.1, 0.15) is 11.5 Å². The predicted molar refractivity (Wildman–Crippen MR) is 100 cm³/mol. The number of Topliss-reactive ketones (excluding diaryl/α,β-unsaturated/α-hetero) is 1. The number of allylic oxidation sites excluding steroid dienone is 2. The second kappa shape index (κ2) is 6.60. The maximum atomic E-state index is 12.9. The van der Waals surface area contributed by atoms with E-state index in [2.05, 4.69) is 13.8 Å². The molecule has 0 heterocycles. The van der Waals surface area contributed by atoms with Crippen LogP contribution in [-0.2, 0) is 4.79 Å². The van der Waals surface area contributed by atoms with Crippen molar-refractivity contribution in [3.05, 3.63) is 70.8 Å². The smallest absolute Gasteiger partial charge is 0.185 e. The number of carbonyl (C=O) groups excluding carboxylic acids is 1. The minimum Gasteiger partial charge on any atom is -0.508 e. The van der Waals surface area contributed by atoms with Gasteiger partial charge in [0.25, 0.3) is 0 Å². The SMILES string of the molecule is CC1(C)CC(=Cc2ccc(O)cc2)C(=O)C(=Cc2ccc(O)cc2)C1. The normalized spacial score (nSPS) is 20.2. The van der Waals surface area contributed by atoms with Crippen molar-refractivity contribution in [1.82, 2.24) is 0 Å². The molecule has 0 unspecified atom stereocenters. The van der Waals surface area contributed by atoms with Crippen LogP contribution in [-0.4, -0.2) is 16.0 Å². The van der Waals surface area contributed by atoms with Gasteiger partial charge < -0.3 is 10.2 Å². The Bertz CT molecular complexity index is 768. The summed E-state index contributed by atoms with van der Waals surface area (Å²) >= 11 is 0. The highest BCUT2D eigenvalue weighted by atomic mass is 16.3. The fraction of sp³-hybridized carbons (Fsp3) is 0.227. The third kappa shape index (κ3) is 4.18. The number of ketones is 1. The minimum absolute atomic E-state index is 0.000580. The van der Waals surface area contributed by atoms with Gasteiger partial charge in [-0.25, -0.2) is 0 Å².